The molecule has 0 fully saturated rings. The second-order valence-electron chi connectivity index (χ2n) is 7.02. The third-order valence-electron chi connectivity index (χ3n) is 3.29. The van der Waals surface area contributed by atoms with Crippen molar-refractivity contribution in [1.82, 2.24) is 5.32 Å². The number of hydrogen-bond acceptors (Lipinski definition) is 7. The van der Waals surface area contributed by atoms with Crippen molar-refractivity contribution in [2.24, 2.45) is 0 Å². The molecule has 1 aromatic carbocycles. The van der Waals surface area contributed by atoms with E-state index < -0.39 is 27.5 Å². The third-order valence-corrected chi connectivity index (χ3v) is 4.76. The number of benzene rings is 1. The fraction of sp³-hybridized carbons (Fsp3) is 0.526. The molecular formula is C19H28FNO7S. The molecule has 0 radical (unpaired) electrons. The molecule has 0 atom stereocenters. The van der Waals surface area contributed by atoms with Crippen LogP contribution in [-0.4, -0.2) is 59.5 Å². The van der Waals surface area contributed by atoms with E-state index in [2.05, 4.69) is 5.32 Å². The van der Waals surface area contributed by atoms with Gasteiger partial charge in [-0.15, -0.1) is 0 Å². The Balaban J connectivity index is 2.52. The van der Waals surface area contributed by atoms with Crippen LogP contribution in [0.4, 0.5) is 9.18 Å². The Morgan fingerprint density at radius 3 is 2.38 bits per heavy atom. The molecule has 164 valence electrons. The van der Waals surface area contributed by atoms with Gasteiger partial charge >= 0.3 is 6.09 Å². The van der Waals surface area contributed by atoms with Crippen LogP contribution in [0.5, 0.6) is 5.75 Å². The molecule has 0 bridgehead atoms. The molecule has 29 heavy (non-hydrogen) atoms. The van der Waals surface area contributed by atoms with E-state index in [-0.39, 0.29) is 30.2 Å². The molecule has 0 heterocycles. The number of nitrogens with one attached hydrogen (secondary N) is 1. The molecule has 0 saturated heterocycles. The van der Waals surface area contributed by atoms with Crippen molar-refractivity contribution in [2.45, 2.75) is 31.3 Å². The zero-order chi connectivity index (χ0) is 21.9. The molecule has 0 spiro atoms. The first-order valence-corrected chi connectivity index (χ1v) is 10.5. The molecule has 0 saturated carbocycles. The molecule has 1 aromatic rings. The summed E-state index contributed by atoms with van der Waals surface area (Å²) < 4.78 is 57.6. The quantitative estimate of drug-likeness (QED) is 0.536. The Labute approximate surface area is 170 Å². The minimum absolute atomic E-state index is 0.0788. The maximum Gasteiger partial charge on any atom is 0.407 e. The standard InChI is InChI=1S/C19H28FNO7S/c1-19(2,3)28-18(22)21-12-15(11-20)13-27-16-5-7-17(8-6-16)29(23,24)14-26-10-9-25-4/h5-8,11H,9-10,12-14H2,1-4H3,(H,21,22)/b15-11+. The molecule has 0 aliphatic carbocycles. The predicted molar refractivity (Wildman–Crippen MR) is 105 cm³/mol. The Morgan fingerprint density at radius 2 is 1.83 bits per heavy atom. The number of rotatable bonds is 11. The van der Waals surface area contributed by atoms with E-state index in [0.29, 0.717) is 18.7 Å². The number of methoxy groups -OCH3 is 1. The minimum atomic E-state index is -3.59. The molecule has 0 aromatic heterocycles. The maximum absolute atomic E-state index is 13.0. The summed E-state index contributed by atoms with van der Waals surface area (Å²) in [7, 11) is -2.10. The van der Waals surface area contributed by atoms with Gasteiger partial charge in [0.15, 0.2) is 5.94 Å². The van der Waals surface area contributed by atoms with Gasteiger partial charge in [-0.2, -0.15) is 0 Å². The average Bonchev–Trinajstić information content (AvgIpc) is 2.64. The Kier molecular flexibility index (Phi) is 10.1. The van der Waals surface area contributed by atoms with Gasteiger partial charge in [-0.05, 0) is 45.0 Å². The summed E-state index contributed by atoms with van der Waals surface area (Å²) in [5.74, 6) is -0.109. The second-order valence-corrected chi connectivity index (χ2v) is 8.95. The summed E-state index contributed by atoms with van der Waals surface area (Å²) in [6.45, 7) is 5.42. The summed E-state index contributed by atoms with van der Waals surface area (Å²) in [6.07, 6.45) is -0.327. The molecule has 0 aliphatic heterocycles. The van der Waals surface area contributed by atoms with Crippen molar-refractivity contribution in [2.75, 3.05) is 39.4 Å². The largest absolute Gasteiger partial charge is 0.489 e. The van der Waals surface area contributed by atoms with Gasteiger partial charge in [-0.1, -0.05) is 0 Å². The molecule has 1 amide bonds. The SMILES string of the molecule is COCCOCS(=O)(=O)c1ccc(OC/C(=C/F)CNC(=O)OC(C)(C)C)cc1. The molecule has 1 rings (SSSR count). The molecule has 1 N–H and O–H groups in total. The fourth-order valence-electron chi connectivity index (χ4n) is 1.92. The predicted octanol–water partition coefficient (Wildman–Crippen LogP) is 2.84. The Bertz CT molecular complexity index is 771. The van der Waals surface area contributed by atoms with E-state index in [1.54, 1.807) is 20.8 Å². The van der Waals surface area contributed by atoms with Gasteiger partial charge in [-0.3, -0.25) is 0 Å². The van der Waals surface area contributed by atoms with Gasteiger partial charge < -0.3 is 24.3 Å². The first kappa shape index (κ1) is 24.9. The highest BCUT2D eigenvalue weighted by Crippen LogP contribution is 2.18. The lowest BCUT2D eigenvalue weighted by molar-refractivity contribution is 0.0531. The zero-order valence-corrected chi connectivity index (χ0v) is 17.9. The van der Waals surface area contributed by atoms with E-state index in [4.69, 9.17) is 18.9 Å². The minimum Gasteiger partial charge on any atom is -0.489 e. The number of carbonyl (C=O) groups excluding carboxylic acids is 1. The molecule has 0 unspecified atom stereocenters. The van der Waals surface area contributed by atoms with Gasteiger partial charge in [0.25, 0.3) is 0 Å². The van der Waals surface area contributed by atoms with E-state index >= 15 is 0 Å². The normalized spacial score (nSPS) is 12.5. The third kappa shape index (κ3) is 10.2. The average molecular weight is 433 g/mol. The van der Waals surface area contributed by atoms with Crippen LogP contribution in [0.1, 0.15) is 20.8 Å². The number of halogens is 1. The van der Waals surface area contributed by atoms with Gasteiger partial charge in [0, 0.05) is 19.2 Å². The topological polar surface area (TPSA) is 100 Å². The van der Waals surface area contributed by atoms with Crippen molar-refractivity contribution in [1.29, 1.82) is 0 Å². The molecule has 0 aliphatic rings. The molecular weight excluding hydrogens is 405 g/mol. The number of ether oxygens (including phenoxy) is 4. The van der Waals surface area contributed by atoms with Crippen LogP contribution in [0.3, 0.4) is 0 Å². The maximum atomic E-state index is 13.0. The van der Waals surface area contributed by atoms with Crippen LogP contribution < -0.4 is 10.1 Å². The van der Waals surface area contributed by atoms with Crippen LogP contribution >= 0.6 is 0 Å². The highest BCUT2D eigenvalue weighted by Gasteiger charge is 2.17. The summed E-state index contributed by atoms with van der Waals surface area (Å²) in [6, 6.07) is 5.67. The van der Waals surface area contributed by atoms with E-state index in [1.807, 2.05) is 0 Å². The summed E-state index contributed by atoms with van der Waals surface area (Å²) in [4.78, 5) is 11.7. The van der Waals surface area contributed by atoms with Crippen molar-refractivity contribution in [3.05, 3.63) is 36.2 Å². The van der Waals surface area contributed by atoms with Gasteiger partial charge in [0.1, 0.15) is 18.0 Å². The summed E-state index contributed by atoms with van der Waals surface area (Å²) in [5, 5.41) is 2.43. The smallest absolute Gasteiger partial charge is 0.407 e. The van der Waals surface area contributed by atoms with Crippen molar-refractivity contribution < 1.29 is 36.6 Å². The van der Waals surface area contributed by atoms with E-state index in [1.165, 1.54) is 31.4 Å². The van der Waals surface area contributed by atoms with Crippen molar-refractivity contribution in [3.8, 4) is 5.75 Å². The van der Waals surface area contributed by atoms with Crippen LogP contribution in [0.15, 0.2) is 41.1 Å². The van der Waals surface area contributed by atoms with Gasteiger partial charge in [-0.25, -0.2) is 17.6 Å². The van der Waals surface area contributed by atoms with Crippen LogP contribution in [-0.2, 0) is 24.0 Å². The number of amides is 1. The van der Waals surface area contributed by atoms with E-state index in [9.17, 15) is 17.6 Å². The summed E-state index contributed by atoms with van der Waals surface area (Å²) in [5.41, 5.74) is -0.476. The van der Waals surface area contributed by atoms with Gasteiger partial charge in [0.2, 0.25) is 9.84 Å². The Hall–Kier alpha value is -2.17. The van der Waals surface area contributed by atoms with Crippen LogP contribution in [0, 0.1) is 0 Å². The number of hydrogen-bond donors (Lipinski definition) is 1. The van der Waals surface area contributed by atoms with Crippen LogP contribution in [0.25, 0.3) is 0 Å². The number of carbonyl (C=O) groups is 1. The molecule has 10 heteroatoms. The number of alkyl carbamates (subject to hydrolysis) is 1. The second kappa shape index (κ2) is 11.7. The van der Waals surface area contributed by atoms with E-state index in [0.717, 1.165) is 0 Å². The lowest BCUT2D eigenvalue weighted by Gasteiger charge is -2.20. The highest BCUT2D eigenvalue weighted by molar-refractivity contribution is 7.91. The lowest BCUT2D eigenvalue weighted by Crippen LogP contribution is -2.34. The van der Waals surface area contributed by atoms with Crippen molar-refractivity contribution in [3.63, 3.8) is 0 Å². The summed E-state index contributed by atoms with van der Waals surface area (Å²) >= 11 is 0. The monoisotopic (exact) mass is 433 g/mol. The first-order chi connectivity index (χ1) is 13.6. The zero-order valence-electron chi connectivity index (χ0n) is 17.1. The highest BCUT2D eigenvalue weighted by atomic mass is 32.2. The van der Waals surface area contributed by atoms with Gasteiger partial charge in [0.05, 0.1) is 24.4 Å². The number of sulfone groups is 1. The molecule has 8 nitrogen and oxygen atoms in total. The van der Waals surface area contributed by atoms with Crippen LogP contribution in [0.2, 0.25) is 0 Å². The lowest BCUT2D eigenvalue weighted by atomic mass is 10.2. The Morgan fingerprint density at radius 1 is 1.17 bits per heavy atom. The fourth-order valence-corrected chi connectivity index (χ4v) is 2.94. The first-order valence-electron chi connectivity index (χ1n) is 8.84. The van der Waals surface area contributed by atoms with Crippen molar-refractivity contribution >= 4 is 15.9 Å².